The number of nitrogens with two attached hydrogens (primary N) is 3. The van der Waals surface area contributed by atoms with Crippen molar-refractivity contribution in [3.05, 3.63) is 41.7 Å². The zero-order chi connectivity index (χ0) is 20.2. The van der Waals surface area contributed by atoms with Crippen LogP contribution >= 0.6 is 0 Å². The molecule has 0 heterocycles. The number of carbonyl (C=O) groups is 3. The fourth-order valence-corrected chi connectivity index (χ4v) is 2.16. The summed E-state index contributed by atoms with van der Waals surface area (Å²) in [5.74, 6) is 5.21. The van der Waals surface area contributed by atoms with Crippen molar-refractivity contribution in [2.24, 2.45) is 11.6 Å². The highest BCUT2D eigenvalue weighted by atomic mass is 16.5. The Bertz CT molecular complexity index is 662. The Hall–Kier alpha value is -3.27. The van der Waals surface area contributed by atoms with Crippen molar-refractivity contribution in [2.75, 3.05) is 32.0 Å². The molecule has 0 fully saturated rings. The summed E-state index contributed by atoms with van der Waals surface area (Å²) < 4.78 is 4.80. The van der Waals surface area contributed by atoms with E-state index in [2.05, 4.69) is 5.32 Å². The highest BCUT2D eigenvalue weighted by molar-refractivity contribution is 5.77. The summed E-state index contributed by atoms with van der Waals surface area (Å²) >= 11 is 0. The molecule has 10 heteroatoms. The van der Waals surface area contributed by atoms with Gasteiger partial charge in [0.2, 0.25) is 0 Å². The first-order valence-corrected chi connectivity index (χ1v) is 8.29. The molecule has 148 valence electrons. The van der Waals surface area contributed by atoms with Gasteiger partial charge in [-0.2, -0.15) is 0 Å². The van der Waals surface area contributed by atoms with E-state index in [0.717, 1.165) is 10.6 Å². The number of anilines is 1. The Morgan fingerprint density at radius 1 is 1.22 bits per heavy atom. The number of urea groups is 1. The van der Waals surface area contributed by atoms with Crippen molar-refractivity contribution in [1.29, 1.82) is 0 Å². The lowest BCUT2D eigenvalue weighted by atomic mass is 10.2. The quantitative estimate of drug-likeness (QED) is 0.140. The van der Waals surface area contributed by atoms with Gasteiger partial charge in [-0.1, -0.05) is 12.1 Å². The van der Waals surface area contributed by atoms with E-state index in [-0.39, 0.29) is 38.5 Å². The number of aldehydes is 1. The molecule has 10 nitrogen and oxygen atoms in total. The van der Waals surface area contributed by atoms with E-state index in [9.17, 15) is 14.4 Å². The third-order valence-corrected chi connectivity index (χ3v) is 3.30. The molecule has 0 aliphatic heterocycles. The lowest BCUT2D eigenvalue weighted by Gasteiger charge is -2.24. The molecular formula is C17H26N6O4. The third-order valence-electron chi connectivity index (χ3n) is 3.30. The van der Waals surface area contributed by atoms with Gasteiger partial charge in [0.1, 0.15) is 12.8 Å². The van der Waals surface area contributed by atoms with Crippen molar-refractivity contribution in [3.8, 4) is 0 Å². The number of nitrogens with one attached hydrogen (secondary N) is 1. The molecule has 0 aliphatic rings. The average molecular weight is 378 g/mol. The number of ether oxygens (including phenoxy) is 1. The van der Waals surface area contributed by atoms with Gasteiger partial charge in [-0.25, -0.2) is 10.6 Å². The van der Waals surface area contributed by atoms with Gasteiger partial charge in [-0.05, 0) is 24.6 Å². The molecule has 0 spiro atoms. The molecule has 0 aromatic heterocycles. The van der Waals surface area contributed by atoms with E-state index < -0.39 is 12.0 Å². The first-order valence-electron chi connectivity index (χ1n) is 8.29. The number of hydrogen-bond acceptors (Lipinski definition) is 8. The summed E-state index contributed by atoms with van der Waals surface area (Å²) in [6, 6.07) is 6.54. The van der Waals surface area contributed by atoms with Gasteiger partial charge in [0, 0.05) is 24.1 Å². The minimum Gasteiger partial charge on any atom is -0.465 e. The molecule has 1 aromatic carbocycles. The maximum atomic E-state index is 12.3. The number of benzene rings is 1. The third kappa shape index (κ3) is 8.59. The van der Waals surface area contributed by atoms with Crippen LogP contribution in [0.5, 0.6) is 0 Å². The van der Waals surface area contributed by atoms with Gasteiger partial charge >= 0.3 is 12.0 Å². The average Bonchev–Trinajstić information content (AvgIpc) is 2.60. The lowest BCUT2D eigenvalue weighted by molar-refractivity contribution is -0.143. The summed E-state index contributed by atoms with van der Waals surface area (Å²) in [7, 11) is 0. The normalized spacial score (nSPS) is 10.8. The van der Waals surface area contributed by atoms with Crippen LogP contribution in [0, 0.1) is 0 Å². The summed E-state index contributed by atoms with van der Waals surface area (Å²) in [6.07, 6.45) is 1.93. The van der Waals surface area contributed by atoms with E-state index in [1.807, 2.05) is 0 Å². The van der Waals surface area contributed by atoms with E-state index in [0.29, 0.717) is 12.0 Å². The van der Waals surface area contributed by atoms with Crippen LogP contribution in [0.2, 0.25) is 0 Å². The zero-order valence-electron chi connectivity index (χ0n) is 15.3. The van der Waals surface area contributed by atoms with Crippen LogP contribution in [0.1, 0.15) is 12.5 Å². The topological polar surface area (TPSA) is 157 Å². The molecule has 7 N–H and O–H groups in total. The van der Waals surface area contributed by atoms with Crippen LogP contribution < -0.4 is 22.6 Å². The van der Waals surface area contributed by atoms with E-state index in [1.54, 1.807) is 31.2 Å². The highest BCUT2D eigenvalue weighted by Gasteiger charge is 2.15. The highest BCUT2D eigenvalue weighted by Crippen LogP contribution is 2.10. The van der Waals surface area contributed by atoms with E-state index in [1.165, 1.54) is 11.1 Å². The van der Waals surface area contributed by atoms with Crippen LogP contribution in [0.4, 0.5) is 10.5 Å². The van der Waals surface area contributed by atoms with Crippen LogP contribution in [-0.2, 0) is 20.9 Å². The first kappa shape index (κ1) is 21.8. The van der Waals surface area contributed by atoms with Crippen molar-refractivity contribution >= 4 is 24.0 Å². The van der Waals surface area contributed by atoms with Gasteiger partial charge in [-0.15, -0.1) is 0 Å². The Morgan fingerprint density at radius 3 is 2.48 bits per heavy atom. The second-order valence-electron chi connectivity index (χ2n) is 5.63. The summed E-state index contributed by atoms with van der Waals surface area (Å²) in [5, 5.41) is 3.55. The second-order valence-corrected chi connectivity index (χ2v) is 5.63. The number of carbonyl (C=O) groups excluding carboxylic acids is 3. The van der Waals surface area contributed by atoms with Gasteiger partial charge < -0.3 is 36.2 Å². The molecule has 0 saturated carbocycles. The number of hydrazine groups is 1. The fourth-order valence-electron chi connectivity index (χ4n) is 2.16. The lowest BCUT2D eigenvalue weighted by Crippen LogP contribution is -2.42. The number of hydrogen-bond donors (Lipinski definition) is 4. The molecule has 0 aliphatic carbocycles. The summed E-state index contributed by atoms with van der Waals surface area (Å²) in [5.41, 5.74) is 13.3. The van der Waals surface area contributed by atoms with E-state index >= 15 is 0 Å². The number of nitrogen functional groups attached to an aromatic ring is 1. The predicted octanol–water partition coefficient (Wildman–Crippen LogP) is -0.482. The van der Waals surface area contributed by atoms with Gasteiger partial charge in [0.15, 0.2) is 0 Å². The molecular weight excluding hydrogens is 352 g/mol. The number of esters is 1. The van der Waals surface area contributed by atoms with Crippen LogP contribution in [0.3, 0.4) is 0 Å². The fraction of sp³-hybridized carbons (Fsp3) is 0.353. The number of amides is 2. The SMILES string of the molecule is CCOC(=O)CN(N)/C=C(\N)CN(Cc1ccc(N)cc1)C(=O)NCC=O. The Balaban J connectivity index is 2.80. The minimum atomic E-state index is -0.494. The molecule has 0 unspecified atom stereocenters. The van der Waals surface area contributed by atoms with Gasteiger partial charge in [-0.3, -0.25) is 4.79 Å². The van der Waals surface area contributed by atoms with Gasteiger partial charge in [0.25, 0.3) is 0 Å². The monoisotopic (exact) mass is 378 g/mol. The zero-order valence-corrected chi connectivity index (χ0v) is 15.3. The number of nitrogens with zero attached hydrogens (tertiary/aromatic N) is 2. The maximum Gasteiger partial charge on any atom is 0.327 e. The Kier molecular flexibility index (Phi) is 9.16. The molecule has 0 atom stereocenters. The molecule has 0 bridgehead atoms. The second kappa shape index (κ2) is 11.4. The first-order chi connectivity index (χ1) is 12.8. The van der Waals surface area contributed by atoms with Crippen LogP contribution in [0.25, 0.3) is 0 Å². The Labute approximate surface area is 157 Å². The largest absolute Gasteiger partial charge is 0.465 e. The number of rotatable bonds is 10. The van der Waals surface area contributed by atoms with Crippen LogP contribution in [0.15, 0.2) is 36.2 Å². The molecule has 1 rings (SSSR count). The van der Waals surface area contributed by atoms with Crippen molar-refractivity contribution in [3.63, 3.8) is 0 Å². The summed E-state index contributed by atoms with van der Waals surface area (Å²) in [6.45, 7) is 1.91. The Morgan fingerprint density at radius 2 is 1.89 bits per heavy atom. The van der Waals surface area contributed by atoms with E-state index in [4.69, 9.17) is 22.0 Å². The molecule has 27 heavy (non-hydrogen) atoms. The standard InChI is InChI=1S/C17H26N6O4/c1-2-27-16(25)12-23(20)11-15(19)10-22(17(26)21-7-8-24)9-13-3-5-14(18)6-4-13/h3-6,8,11H,2,7,9-10,12,18-20H2,1H3,(H,21,26)/b15-11-. The van der Waals surface area contributed by atoms with Crippen molar-refractivity contribution in [2.45, 2.75) is 13.5 Å². The molecule has 2 amide bonds. The smallest absolute Gasteiger partial charge is 0.327 e. The summed E-state index contributed by atoms with van der Waals surface area (Å²) in [4.78, 5) is 35.6. The predicted molar refractivity (Wildman–Crippen MR) is 101 cm³/mol. The van der Waals surface area contributed by atoms with Crippen molar-refractivity contribution < 1.29 is 19.1 Å². The minimum absolute atomic E-state index is 0.0333. The molecule has 0 radical (unpaired) electrons. The van der Waals surface area contributed by atoms with Gasteiger partial charge in [0.05, 0.1) is 19.7 Å². The van der Waals surface area contributed by atoms with Crippen LogP contribution in [-0.4, -0.2) is 54.4 Å². The van der Waals surface area contributed by atoms with Crippen molar-refractivity contribution in [1.82, 2.24) is 15.2 Å². The molecule has 1 aromatic rings. The maximum absolute atomic E-state index is 12.3. The molecule has 0 saturated heterocycles.